The molecule has 14 heavy (non-hydrogen) atoms. The van der Waals surface area contributed by atoms with Crippen molar-refractivity contribution < 1.29 is 4.79 Å². The Kier molecular flexibility index (Phi) is 3.95. The topological polar surface area (TPSA) is 42.0 Å². The number of thiazole rings is 1. The second kappa shape index (κ2) is 4.79. The molecular weight excluding hydrogens is 216 g/mol. The van der Waals surface area contributed by atoms with Gasteiger partial charge in [0, 0.05) is 4.88 Å². The van der Waals surface area contributed by atoms with Gasteiger partial charge in [-0.15, -0.1) is 11.3 Å². The van der Waals surface area contributed by atoms with Crippen LogP contribution in [-0.4, -0.2) is 16.1 Å². The van der Waals surface area contributed by atoms with Crippen LogP contribution in [-0.2, 0) is 11.2 Å². The zero-order valence-electron chi connectivity index (χ0n) is 8.50. The van der Waals surface area contributed by atoms with Crippen molar-refractivity contribution in [3.8, 4) is 0 Å². The molecule has 78 valence electrons. The number of thiol groups is 1. The van der Waals surface area contributed by atoms with Gasteiger partial charge in [-0.25, -0.2) is 4.98 Å². The second-order valence-corrected chi connectivity index (χ2v) is 5.02. The number of aryl methyl sites for hydroxylation is 2. The molecule has 1 heterocycles. The number of aromatic nitrogens is 1. The van der Waals surface area contributed by atoms with Gasteiger partial charge in [-0.3, -0.25) is 4.79 Å². The third kappa shape index (κ3) is 2.72. The van der Waals surface area contributed by atoms with E-state index in [9.17, 15) is 4.79 Å². The van der Waals surface area contributed by atoms with E-state index in [2.05, 4.69) is 29.9 Å². The zero-order chi connectivity index (χ0) is 10.7. The fourth-order valence-corrected chi connectivity index (χ4v) is 1.99. The SMILES string of the molecule is CCc1nc(NC(=O)C(C)S)sc1C. The van der Waals surface area contributed by atoms with Crippen molar-refractivity contribution in [3.63, 3.8) is 0 Å². The lowest BCUT2D eigenvalue weighted by atomic mass is 10.3. The summed E-state index contributed by atoms with van der Waals surface area (Å²) in [6, 6.07) is 0. The van der Waals surface area contributed by atoms with E-state index in [0.29, 0.717) is 5.13 Å². The van der Waals surface area contributed by atoms with Gasteiger partial charge < -0.3 is 5.32 Å². The highest BCUT2D eigenvalue weighted by Crippen LogP contribution is 2.22. The molecule has 1 rings (SSSR count). The van der Waals surface area contributed by atoms with E-state index in [1.165, 1.54) is 11.3 Å². The summed E-state index contributed by atoms with van der Waals surface area (Å²) in [4.78, 5) is 16.8. The Hall–Kier alpha value is -0.550. The molecule has 0 aliphatic rings. The molecule has 0 aromatic carbocycles. The van der Waals surface area contributed by atoms with Gasteiger partial charge in [0.25, 0.3) is 0 Å². The van der Waals surface area contributed by atoms with Crippen LogP contribution in [0.2, 0.25) is 0 Å². The number of anilines is 1. The average Bonchev–Trinajstić information content (AvgIpc) is 2.45. The molecule has 0 radical (unpaired) electrons. The van der Waals surface area contributed by atoms with Gasteiger partial charge in [0.05, 0.1) is 10.9 Å². The molecule has 0 aliphatic heterocycles. The van der Waals surface area contributed by atoms with E-state index >= 15 is 0 Å². The average molecular weight is 230 g/mol. The Balaban J connectivity index is 2.73. The van der Waals surface area contributed by atoms with Crippen LogP contribution in [0.5, 0.6) is 0 Å². The van der Waals surface area contributed by atoms with Crippen LogP contribution in [0.1, 0.15) is 24.4 Å². The summed E-state index contributed by atoms with van der Waals surface area (Å²) in [5.41, 5.74) is 1.05. The lowest BCUT2D eigenvalue weighted by Crippen LogP contribution is -2.20. The number of carbonyl (C=O) groups is 1. The molecule has 0 aliphatic carbocycles. The quantitative estimate of drug-likeness (QED) is 0.782. The molecule has 5 heteroatoms. The van der Waals surface area contributed by atoms with Gasteiger partial charge in [-0.05, 0) is 20.3 Å². The van der Waals surface area contributed by atoms with Crippen LogP contribution in [0.15, 0.2) is 0 Å². The van der Waals surface area contributed by atoms with Crippen LogP contribution in [0.25, 0.3) is 0 Å². The largest absolute Gasteiger partial charge is 0.301 e. The van der Waals surface area contributed by atoms with Gasteiger partial charge in [-0.2, -0.15) is 12.6 Å². The van der Waals surface area contributed by atoms with Gasteiger partial charge in [-0.1, -0.05) is 6.92 Å². The Labute approximate surface area is 93.3 Å². The normalized spacial score (nSPS) is 12.6. The lowest BCUT2D eigenvalue weighted by molar-refractivity contribution is -0.115. The third-order valence-electron chi connectivity index (χ3n) is 1.84. The van der Waals surface area contributed by atoms with Crippen molar-refractivity contribution in [3.05, 3.63) is 10.6 Å². The summed E-state index contributed by atoms with van der Waals surface area (Å²) in [6.07, 6.45) is 0.897. The van der Waals surface area contributed by atoms with Crippen molar-refractivity contribution in [1.82, 2.24) is 4.98 Å². The molecule has 1 aromatic heterocycles. The number of carbonyl (C=O) groups excluding carboxylic acids is 1. The standard InChI is InChI=1S/C9H14N2OS2/c1-4-7-6(3)14-9(10-7)11-8(12)5(2)13/h5,13H,4H2,1-3H3,(H,10,11,12). The van der Waals surface area contributed by atoms with E-state index < -0.39 is 0 Å². The van der Waals surface area contributed by atoms with Crippen LogP contribution in [0.3, 0.4) is 0 Å². The highest BCUT2D eigenvalue weighted by Gasteiger charge is 2.11. The van der Waals surface area contributed by atoms with Crippen molar-refractivity contribution in [2.45, 2.75) is 32.4 Å². The maximum Gasteiger partial charge on any atom is 0.238 e. The molecule has 1 atom stereocenters. The van der Waals surface area contributed by atoms with E-state index in [4.69, 9.17) is 0 Å². The minimum absolute atomic E-state index is 0.107. The number of hydrogen-bond donors (Lipinski definition) is 2. The number of nitrogens with zero attached hydrogens (tertiary/aromatic N) is 1. The first-order chi connectivity index (χ1) is 6.54. The maximum atomic E-state index is 11.3. The predicted octanol–water partition coefficient (Wildman–Crippen LogP) is 2.27. The van der Waals surface area contributed by atoms with Crippen molar-refractivity contribution in [2.24, 2.45) is 0 Å². The predicted molar refractivity (Wildman–Crippen MR) is 63.3 cm³/mol. The van der Waals surface area contributed by atoms with Crippen molar-refractivity contribution in [1.29, 1.82) is 0 Å². The van der Waals surface area contributed by atoms with E-state index in [1.54, 1.807) is 6.92 Å². The molecule has 0 bridgehead atoms. The number of hydrogen-bond acceptors (Lipinski definition) is 4. The van der Waals surface area contributed by atoms with Crippen LogP contribution in [0, 0.1) is 6.92 Å². The monoisotopic (exact) mass is 230 g/mol. The van der Waals surface area contributed by atoms with Crippen LogP contribution < -0.4 is 5.32 Å². The maximum absolute atomic E-state index is 11.3. The molecule has 1 N–H and O–H groups in total. The van der Waals surface area contributed by atoms with Gasteiger partial charge in [0.15, 0.2) is 5.13 Å². The molecule has 1 aromatic rings. The Morgan fingerprint density at radius 1 is 1.71 bits per heavy atom. The Morgan fingerprint density at radius 3 is 2.79 bits per heavy atom. The fourth-order valence-electron chi connectivity index (χ4n) is 1.02. The van der Waals surface area contributed by atoms with E-state index in [-0.39, 0.29) is 11.2 Å². The molecular formula is C9H14N2OS2. The third-order valence-corrected chi connectivity index (χ3v) is 3.00. The summed E-state index contributed by atoms with van der Waals surface area (Å²) in [7, 11) is 0. The summed E-state index contributed by atoms with van der Waals surface area (Å²) < 4.78 is 0. The summed E-state index contributed by atoms with van der Waals surface area (Å²) >= 11 is 5.55. The number of rotatable bonds is 3. The van der Waals surface area contributed by atoms with E-state index in [0.717, 1.165) is 17.0 Å². The molecule has 0 spiro atoms. The minimum atomic E-state index is -0.302. The summed E-state index contributed by atoms with van der Waals surface area (Å²) in [5.74, 6) is -0.107. The highest BCUT2D eigenvalue weighted by molar-refractivity contribution is 7.81. The fraction of sp³-hybridized carbons (Fsp3) is 0.556. The van der Waals surface area contributed by atoms with Gasteiger partial charge in [0.1, 0.15) is 0 Å². The molecule has 0 saturated heterocycles. The molecule has 0 fully saturated rings. The highest BCUT2D eigenvalue weighted by atomic mass is 32.1. The Bertz CT molecular complexity index is 334. The molecule has 1 amide bonds. The number of amides is 1. The summed E-state index contributed by atoms with van der Waals surface area (Å²) in [6.45, 7) is 5.80. The lowest BCUT2D eigenvalue weighted by Gasteiger charge is -2.02. The molecule has 1 unspecified atom stereocenters. The smallest absolute Gasteiger partial charge is 0.238 e. The first-order valence-corrected chi connectivity index (χ1v) is 5.83. The second-order valence-electron chi connectivity index (χ2n) is 3.04. The van der Waals surface area contributed by atoms with Crippen molar-refractivity contribution >= 4 is 35.0 Å². The summed E-state index contributed by atoms with van der Waals surface area (Å²) in [5, 5.41) is 3.10. The Morgan fingerprint density at radius 2 is 2.36 bits per heavy atom. The zero-order valence-corrected chi connectivity index (χ0v) is 10.2. The first-order valence-electron chi connectivity index (χ1n) is 4.49. The first kappa shape index (κ1) is 11.5. The minimum Gasteiger partial charge on any atom is -0.301 e. The van der Waals surface area contributed by atoms with Gasteiger partial charge >= 0.3 is 0 Å². The molecule has 3 nitrogen and oxygen atoms in total. The number of nitrogens with one attached hydrogen (secondary N) is 1. The van der Waals surface area contributed by atoms with Crippen LogP contribution >= 0.6 is 24.0 Å². The van der Waals surface area contributed by atoms with E-state index in [1.807, 2.05) is 6.92 Å². The molecule has 0 saturated carbocycles. The van der Waals surface area contributed by atoms with Crippen LogP contribution in [0.4, 0.5) is 5.13 Å². The van der Waals surface area contributed by atoms with Crippen molar-refractivity contribution in [2.75, 3.05) is 5.32 Å². The van der Waals surface area contributed by atoms with Gasteiger partial charge in [0.2, 0.25) is 5.91 Å².